The summed E-state index contributed by atoms with van der Waals surface area (Å²) in [5.41, 5.74) is 3.86. The van der Waals surface area contributed by atoms with Gasteiger partial charge in [0, 0.05) is 24.6 Å². The van der Waals surface area contributed by atoms with Crippen LogP contribution in [0.4, 0.5) is 0 Å². The van der Waals surface area contributed by atoms with E-state index in [1.54, 1.807) is 0 Å². The molecule has 0 aromatic heterocycles. The number of esters is 1. The van der Waals surface area contributed by atoms with Gasteiger partial charge in [0.15, 0.2) is 0 Å². The number of rotatable bonds is 1. The SMILES string of the molecule is Cc1c(C2CNCC2O)ccc2c1COC2=O. The van der Waals surface area contributed by atoms with Gasteiger partial charge in [-0.2, -0.15) is 0 Å². The van der Waals surface area contributed by atoms with Crippen LogP contribution in [0.5, 0.6) is 0 Å². The van der Waals surface area contributed by atoms with Gasteiger partial charge in [-0.3, -0.25) is 0 Å². The van der Waals surface area contributed by atoms with E-state index in [0.29, 0.717) is 18.7 Å². The maximum Gasteiger partial charge on any atom is 0.338 e. The monoisotopic (exact) mass is 233 g/mol. The molecule has 1 aromatic carbocycles. The van der Waals surface area contributed by atoms with Crippen molar-refractivity contribution in [3.05, 3.63) is 34.4 Å². The van der Waals surface area contributed by atoms with Crippen LogP contribution in [0, 0.1) is 6.92 Å². The Labute approximate surface area is 99.6 Å². The number of nitrogens with one attached hydrogen (secondary N) is 1. The molecule has 0 aliphatic carbocycles. The van der Waals surface area contributed by atoms with Gasteiger partial charge in [-0.05, 0) is 24.1 Å². The first-order valence-corrected chi connectivity index (χ1v) is 5.86. The topological polar surface area (TPSA) is 58.6 Å². The van der Waals surface area contributed by atoms with Gasteiger partial charge < -0.3 is 15.2 Å². The van der Waals surface area contributed by atoms with Crippen LogP contribution < -0.4 is 5.32 Å². The first-order chi connectivity index (χ1) is 8.18. The summed E-state index contributed by atoms with van der Waals surface area (Å²) < 4.78 is 5.03. The number of β-amino-alcohol motifs (C(OH)–C–C–N with tert-alkyl or cyclic N) is 1. The molecule has 1 fully saturated rings. The molecule has 4 heteroatoms. The van der Waals surface area contributed by atoms with E-state index in [0.717, 1.165) is 23.2 Å². The second-order valence-corrected chi connectivity index (χ2v) is 4.71. The summed E-state index contributed by atoms with van der Waals surface area (Å²) >= 11 is 0. The van der Waals surface area contributed by atoms with Crippen molar-refractivity contribution in [3.8, 4) is 0 Å². The number of hydrogen-bond donors (Lipinski definition) is 2. The Morgan fingerprint density at radius 1 is 1.41 bits per heavy atom. The normalized spacial score (nSPS) is 27.1. The highest BCUT2D eigenvalue weighted by Crippen LogP contribution is 2.32. The standard InChI is InChI=1S/C13H15NO3/c1-7-8(10-4-14-5-12(10)15)2-3-9-11(7)6-17-13(9)16/h2-3,10,12,14-15H,4-6H2,1H3. The summed E-state index contributed by atoms with van der Waals surface area (Å²) in [5, 5.41) is 13.1. The van der Waals surface area contributed by atoms with Crippen molar-refractivity contribution in [1.82, 2.24) is 5.32 Å². The summed E-state index contributed by atoms with van der Waals surface area (Å²) in [4.78, 5) is 11.4. The number of fused-ring (bicyclic) bond motifs is 1. The van der Waals surface area contributed by atoms with Crippen molar-refractivity contribution in [3.63, 3.8) is 0 Å². The van der Waals surface area contributed by atoms with Crippen molar-refractivity contribution < 1.29 is 14.6 Å². The van der Waals surface area contributed by atoms with Crippen LogP contribution in [0.3, 0.4) is 0 Å². The van der Waals surface area contributed by atoms with E-state index in [9.17, 15) is 9.90 Å². The minimum Gasteiger partial charge on any atom is -0.457 e. The molecule has 1 saturated heterocycles. The van der Waals surface area contributed by atoms with Crippen LogP contribution in [0.2, 0.25) is 0 Å². The Kier molecular flexibility index (Phi) is 2.42. The van der Waals surface area contributed by atoms with Gasteiger partial charge in [0.05, 0.1) is 11.7 Å². The zero-order valence-corrected chi connectivity index (χ0v) is 9.69. The molecule has 2 heterocycles. The summed E-state index contributed by atoms with van der Waals surface area (Å²) in [6, 6.07) is 3.76. The van der Waals surface area contributed by atoms with Gasteiger partial charge in [0.25, 0.3) is 0 Å². The van der Waals surface area contributed by atoms with Crippen LogP contribution in [0.15, 0.2) is 12.1 Å². The molecule has 0 radical (unpaired) electrons. The lowest BCUT2D eigenvalue weighted by molar-refractivity contribution is 0.0535. The maximum atomic E-state index is 11.4. The molecule has 0 amide bonds. The molecule has 3 rings (SSSR count). The first-order valence-electron chi connectivity index (χ1n) is 5.86. The lowest BCUT2D eigenvalue weighted by atomic mass is 9.88. The Morgan fingerprint density at radius 2 is 2.24 bits per heavy atom. The van der Waals surface area contributed by atoms with Crippen molar-refractivity contribution in [2.75, 3.05) is 13.1 Å². The number of cyclic esters (lactones) is 1. The molecule has 2 aliphatic rings. The molecule has 0 saturated carbocycles. The van der Waals surface area contributed by atoms with Crippen molar-refractivity contribution in [1.29, 1.82) is 0 Å². The third kappa shape index (κ3) is 1.56. The Balaban J connectivity index is 2.05. The lowest BCUT2D eigenvalue weighted by Crippen LogP contribution is -2.17. The van der Waals surface area contributed by atoms with Gasteiger partial charge in [-0.1, -0.05) is 6.07 Å². The number of carbonyl (C=O) groups excluding carboxylic acids is 1. The second kappa shape index (κ2) is 3.82. The average molecular weight is 233 g/mol. The van der Waals surface area contributed by atoms with E-state index in [1.807, 2.05) is 19.1 Å². The van der Waals surface area contributed by atoms with Crippen LogP contribution >= 0.6 is 0 Å². The molecular weight excluding hydrogens is 218 g/mol. The molecule has 2 aliphatic heterocycles. The molecule has 17 heavy (non-hydrogen) atoms. The average Bonchev–Trinajstić information content (AvgIpc) is 2.88. The predicted octanol–water partition coefficient (Wildman–Crippen LogP) is 0.713. The third-order valence-electron chi connectivity index (χ3n) is 3.79. The molecular formula is C13H15NO3. The number of carbonyl (C=O) groups is 1. The number of aliphatic hydroxyl groups excluding tert-OH is 1. The Bertz CT molecular complexity index is 484. The molecule has 0 spiro atoms. The molecule has 1 aromatic rings. The highest BCUT2D eigenvalue weighted by Gasteiger charge is 2.31. The molecule has 90 valence electrons. The van der Waals surface area contributed by atoms with Crippen molar-refractivity contribution in [2.45, 2.75) is 25.6 Å². The molecule has 0 bridgehead atoms. The van der Waals surface area contributed by atoms with Crippen LogP contribution in [0.1, 0.15) is 33.0 Å². The summed E-state index contributed by atoms with van der Waals surface area (Å²) in [6.45, 7) is 3.79. The van der Waals surface area contributed by atoms with Crippen molar-refractivity contribution >= 4 is 5.97 Å². The van der Waals surface area contributed by atoms with E-state index >= 15 is 0 Å². The molecule has 2 unspecified atom stereocenters. The van der Waals surface area contributed by atoms with Crippen molar-refractivity contribution in [2.24, 2.45) is 0 Å². The van der Waals surface area contributed by atoms with Gasteiger partial charge in [-0.15, -0.1) is 0 Å². The fourth-order valence-electron chi connectivity index (χ4n) is 2.75. The zero-order chi connectivity index (χ0) is 12.0. The smallest absolute Gasteiger partial charge is 0.338 e. The molecule has 2 atom stereocenters. The van der Waals surface area contributed by atoms with Gasteiger partial charge >= 0.3 is 5.97 Å². The van der Waals surface area contributed by atoms with Gasteiger partial charge in [0.1, 0.15) is 6.61 Å². The van der Waals surface area contributed by atoms with E-state index < -0.39 is 0 Å². The highest BCUT2D eigenvalue weighted by molar-refractivity contribution is 5.94. The second-order valence-electron chi connectivity index (χ2n) is 4.71. The van der Waals surface area contributed by atoms with Gasteiger partial charge in [0.2, 0.25) is 0 Å². The number of hydrogen-bond acceptors (Lipinski definition) is 4. The largest absolute Gasteiger partial charge is 0.457 e. The number of ether oxygens (including phenoxy) is 1. The molecule has 2 N–H and O–H groups in total. The predicted molar refractivity (Wildman–Crippen MR) is 61.9 cm³/mol. The first kappa shape index (κ1) is 10.7. The van der Waals surface area contributed by atoms with E-state index in [-0.39, 0.29) is 18.0 Å². The Hall–Kier alpha value is -1.39. The van der Waals surface area contributed by atoms with Crippen LogP contribution in [-0.2, 0) is 11.3 Å². The Morgan fingerprint density at radius 3 is 2.94 bits per heavy atom. The maximum absolute atomic E-state index is 11.4. The van der Waals surface area contributed by atoms with Gasteiger partial charge in [-0.25, -0.2) is 4.79 Å². The minimum atomic E-state index is -0.343. The van der Waals surface area contributed by atoms with E-state index in [4.69, 9.17) is 4.74 Å². The van der Waals surface area contributed by atoms with E-state index in [2.05, 4.69) is 5.32 Å². The highest BCUT2D eigenvalue weighted by atomic mass is 16.5. The van der Waals surface area contributed by atoms with Crippen LogP contribution in [-0.4, -0.2) is 30.3 Å². The fourth-order valence-corrected chi connectivity index (χ4v) is 2.75. The number of aliphatic hydroxyl groups is 1. The summed E-state index contributed by atoms with van der Waals surface area (Å²) in [7, 11) is 0. The molecule has 4 nitrogen and oxygen atoms in total. The quantitative estimate of drug-likeness (QED) is 0.701. The fraction of sp³-hybridized carbons (Fsp3) is 0.462. The van der Waals surface area contributed by atoms with Crippen LogP contribution in [0.25, 0.3) is 0 Å². The summed E-state index contributed by atoms with van der Waals surface area (Å²) in [5.74, 6) is -0.115. The summed E-state index contributed by atoms with van der Waals surface area (Å²) in [6.07, 6.45) is -0.343. The third-order valence-corrected chi connectivity index (χ3v) is 3.79. The minimum absolute atomic E-state index is 0.121. The zero-order valence-electron chi connectivity index (χ0n) is 9.69. The number of benzene rings is 1. The van der Waals surface area contributed by atoms with E-state index in [1.165, 1.54) is 0 Å². The lowest BCUT2D eigenvalue weighted by Gasteiger charge is -2.17.